The molecule has 1 aliphatic rings. The van der Waals surface area contributed by atoms with Gasteiger partial charge in [-0.05, 0) is 46.3 Å². The number of hydrogen-bond donors (Lipinski definition) is 0. The van der Waals surface area contributed by atoms with Gasteiger partial charge in [0.25, 0.3) is 0 Å². The van der Waals surface area contributed by atoms with Crippen LogP contribution in [0.2, 0.25) is 0 Å². The average molecular weight is 310 g/mol. The number of ketones is 1. The van der Waals surface area contributed by atoms with E-state index in [1.165, 1.54) is 10.6 Å². The minimum absolute atomic E-state index is 0.301. The molecule has 2 aromatic rings. The quantitative estimate of drug-likeness (QED) is 0.825. The molecule has 0 N–H and O–H groups in total. The molecule has 0 fully saturated rings. The normalized spacial score (nSPS) is 15.0. The average Bonchev–Trinajstić information content (AvgIpc) is 2.89. The van der Waals surface area contributed by atoms with E-state index in [-0.39, 0.29) is 0 Å². The predicted molar refractivity (Wildman–Crippen MR) is 72.8 cm³/mol. The first-order valence-electron chi connectivity index (χ1n) is 5.69. The molecule has 4 heteroatoms. The maximum absolute atomic E-state index is 11.7. The third-order valence-electron chi connectivity index (χ3n) is 3.20. The van der Waals surface area contributed by atoms with Crippen molar-refractivity contribution in [1.82, 2.24) is 4.57 Å². The Balaban J connectivity index is 1.95. The predicted octanol–water partition coefficient (Wildman–Crippen LogP) is 3.88. The van der Waals surface area contributed by atoms with Crippen molar-refractivity contribution >= 4 is 33.0 Å². The van der Waals surface area contributed by atoms with Crippen LogP contribution in [0.15, 0.2) is 28.2 Å². The van der Waals surface area contributed by atoms with Crippen LogP contribution < -0.4 is 0 Å². The molecule has 0 aromatic carbocycles. The largest absolute Gasteiger partial charge is 0.345 e. The van der Waals surface area contributed by atoms with Gasteiger partial charge in [-0.15, -0.1) is 11.3 Å². The Labute approximate surface area is 112 Å². The first-order valence-corrected chi connectivity index (χ1v) is 7.36. The number of fused-ring (bicyclic) bond motifs is 1. The van der Waals surface area contributed by atoms with Crippen molar-refractivity contribution in [2.24, 2.45) is 0 Å². The van der Waals surface area contributed by atoms with E-state index in [9.17, 15) is 4.79 Å². The number of carbonyl (C=O) groups is 1. The minimum atomic E-state index is 0.301. The fourth-order valence-electron chi connectivity index (χ4n) is 2.33. The summed E-state index contributed by atoms with van der Waals surface area (Å²) in [5, 5.41) is 2.08. The van der Waals surface area contributed by atoms with Crippen molar-refractivity contribution in [3.63, 3.8) is 0 Å². The second-order valence-electron chi connectivity index (χ2n) is 4.27. The summed E-state index contributed by atoms with van der Waals surface area (Å²) in [4.78, 5) is 13.1. The highest BCUT2D eigenvalue weighted by Gasteiger charge is 2.20. The maximum atomic E-state index is 11.7. The van der Waals surface area contributed by atoms with Gasteiger partial charge in [-0.1, -0.05) is 0 Å². The van der Waals surface area contributed by atoms with Crippen LogP contribution in [0.1, 0.15) is 33.8 Å². The van der Waals surface area contributed by atoms with E-state index < -0.39 is 0 Å². The Hall–Kier alpha value is -0.870. The zero-order valence-corrected chi connectivity index (χ0v) is 11.7. The van der Waals surface area contributed by atoms with E-state index in [0.29, 0.717) is 12.2 Å². The monoisotopic (exact) mass is 309 g/mol. The van der Waals surface area contributed by atoms with E-state index >= 15 is 0 Å². The molecule has 0 saturated carbocycles. The lowest BCUT2D eigenvalue weighted by atomic mass is 9.97. The van der Waals surface area contributed by atoms with Gasteiger partial charge in [0.1, 0.15) is 0 Å². The molecule has 0 bridgehead atoms. The first-order chi connectivity index (χ1) is 8.25. The Morgan fingerprint density at radius 3 is 3.00 bits per heavy atom. The van der Waals surface area contributed by atoms with Crippen LogP contribution in [0, 0.1) is 0 Å². The summed E-state index contributed by atoms with van der Waals surface area (Å²) >= 11 is 5.30. The number of aromatic nitrogens is 1. The van der Waals surface area contributed by atoms with Crippen LogP contribution in [0.4, 0.5) is 0 Å². The summed E-state index contributed by atoms with van der Waals surface area (Å²) in [7, 11) is 0. The zero-order valence-electron chi connectivity index (χ0n) is 9.28. The molecular formula is C13H12BrNOS. The molecule has 0 unspecified atom stereocenters. The van der Waals surface area contributed by atoms with Gasteiger partial charge in [0.2, 0.25) is 0 Å². The lowest BCUT2D eigenvalue weighted by Crippen LogP contribution is -2.13. The molecule has 0 radical (unpaired) electrons. The Kier molecular flexibility index (Phi) is 2.92. The summed E-state index contributed by atoms with van der Waals surface area (Å²) < 4.78 is 3.37. The summed E-state index contributed by atoms with van der Waals surface area (Å²) in [6.45, 7) is 0.862. The number of halogens is 1. The summed E-state index contributed by atoms with van der Waals surface area (Å²) in [6, 6.07) is 4.04. The molecule has 0 amide bonds. The number of thiophene rings is 1. The van der Waals surface area contributed by atoms with Crippen molar-refractivity contribution in [2.75, 3.05) is 0 Å². The number of carbonyl (C=O) groups excluding carboxylic acids is 1. The molecule has 0 aliphatic heterocycles. The lowest BCUT2D eigenvalue weighted by Gasteiger charge is -2.14. The van der Waals surface area contributed by atoms with Crippen molar-refractivity contribution in [2.45, 2.75) is 25.8 Å². The van der Waals surface area contributed by atoms with Gasteiger partial charge < -0.3 is 4.57 Å². The third-order valence-corrected chi connectivity index (χ3v) is 5.11. The third kappa shape index (κ3) is 2.00. The molecule has 88 valence electrons. The second kappa shape index (κ2) is 4.42. The van der Waals surface area contributed by atoms with Crippen molar-refractivity contribution in [3.8, 4) is 0 Å². The minimum Gasteiger partial charge on any atom is -0.345 e. The first kappa shape index (κ1) is 11.2. The number of rotatable bonds is 2. The van der Waals surface area contributed by atoms with E-state index in [4.69, 9.17) is 0 Å². The molecule has 2 nitrogen and oxygen atoms in total. The van der Waals surface area contributed by atoms with Crippen LogP contribution in [0.25, 0.3) is 0 Å². The molecule has 1 aliphatic carbocycles. The molecule has 3 rings (SSSR count). The highest BCUT2D eigenvalue weighted by Crippen LogP contribution is 2.27. The molecule has 2 heterocycles. The smallest absolute Gasteiger partial charge is 0.164 e. The fraction of sp³-hybridized carbons (Fsp3) is 0.308. The van der Waals surface area contributed by atoms with Gasteiger partial charge in [0, 0.05) is 33.2 Å². The van der Waals surface area contributed by atoms with E-state index in [1.807, 2.05) is 12.3 Å². The number of Topliss-reactive ketones (excluding diaryl/α,β-unsaturated/α-hetero) is 1. The van der Waals surface area contributed by atoms with E-state index in [2.05, 4.69) is 31.9 Å². The number of hydrogen-bond acceptors (Lipinski definition) is 2. The summed E-state index contributed by atoms with van der Waals surface area (Å²) in [5.41, 5.74) is 2.14. The SMILES string of the molecule is O=C1CCCc2c1ccn2Cc1sccc1Br. The molecular weight excluding hydrogens is 298 g/mol. The van der Waals surface area contributed by atoms with Crippen molar-refractivity contribution in [3.05, 3.63) is 44.3 Å². The van der Waals surface area contributed by atoms with Crippen LogP contribution in [0.3, 0.4) is 0 Å². The molecule has 0 saturated heterocycles. The molecule has 2 aromatic heterocycles. The highest BCUT2D eigenvalue weighted by atomic mass is 79.9. The topological polar surface area (TPSA) is 22.0 Å². The van der Waals surface area contributed by atoms with Crippen LogP contribution in [-0.4, -0.2) is 10.4 Å². The number of nitrogens with zero attached hydrogens (tertiary/aromatic N) is 1. The van der Waals surface area contributed by atoms with Gasteiger partial charge >= 0.3 is 0 Å². The van der Waals surface area contributed by atoms with Gasteiger partial charge in [-0.2, -0.15) is 0 Å². The van der Waals surface area contributed by atoms with E-state index in [1.54, 1.807) is 11.3 Å². The van der Waals surface area contributed by atoms with Crippen LogP contribution in [0.5, 0.6) is 0 Å². The molecule has 0 atom stereocenters. The standard InChI is InChI=1S/C13H12BrNOS/c14-10-5-7-17-13(10)8-15-6-4-9-11(15)2-1-3-12(9)16/h4-7H,1-3,8H2. The Morgan fingerprint density at radius 1 is 1.35 bits per heavy atom. The molecule has 0 spiro atoms. The maximum Gasteiger partial charge on any atom is 0.164 e. The second-order valence-corrected chi connectivity index (χ2v) is 6.13. The highest BCUT2D eigenvalue weighted by molar-refractivity contribution is 9.10. The summed E-state index contributed by atoms with van der Waals surface area (Å²) in [5.74, 6) is 0.301. The lowest BCUT2D eigenvalue weighted by molar-refractivity contribution is 0.0972. The summed E-state index contributed by atoms with van der Waals surface area (Å²) in [6.07, 6.45) is 4.76. The fourth-order valence-corrected chi connectivity index (χ4v) is 3.80. The van der Waals surface area contributed by atoms with Gasteiger partial charge in [0.05, 0.1) is 6.54 Å². The van der Waals surface area contributed by atoms with Crippen LogP contribution in [-0.2, 0) is 13.0 Å². The van der Waals surface area contributed by atoms with Gasteiger partial charge in [0.15, 0.2) is 5.78 Å². The van der Waals surface area contributed by atoms with Crippen molar-refractivity contribution < 1.29 is 4.79 Å². The van der Waals surface area contributed by atoms with Gasteiger partial charge in [-0.3, -0.25) is 4.79 Å². The Morgan fingerprint density at radius 2 is 2.24 bits per heavy atom. The van der Waals surface area contributed by atoms with Crippen molar-refractivity contribution in [1.29, 1.82) is 0 Å². The Bertz CT molecular complexity index is 570. The van der Waals surface area contributed by atoms with E-state index in [0.717, 1.165) is 29.4 Å². The zero-order chi connectivity index (χ0) is 11.8. The van der Waals surface area contributed by atoms with Crippen LogP contribution >= 0.6 is 27.3 Å². The molecule has 17 heavy (non-hydrogen) atoms. The van der Waals surface area contributed by atoms with Gasteiger partial charge in [-0.25, -0.2) is 0 Å².